The van der Waals surface area contributed by atoms with Gasteiger partial charge in [-0.25, -0.2) is 4.79 Å². The summed E-state index contributed by atoms with van der Waals surface area (Å²) in [5.41, 5.74) is 3.81. The first-order valence-electron chi connectivity index (χ1n) is 17.9. The van der Waals surface area contributed by atoms with E-state index in [2.05, 4.69) is 5.32 Å². The van der Waals surface area contributed by atoms with Gasteiger partial charge in [0.1, 0.15) is 18.0 Å². The molecule has 4 aromatic carbocycles. The smallest absolute Gasteiger partial charge is 0.407 e. The summed E-state index contributed by atoms with van der Waals surface area (Å²) in [5, 5.41) is 13.6. The molecule has 278 valence electrons. The van der Waals surface area contributed by atoms with Crippen LogP contribution in [0.4, 0.5) is 4.79 Å². The number of hydrogen-bond donors (Lipinski definition) is 2. The van der Waals surface area contributed by atoms with Gasteiger partial charge in [-0.15, -0.1) is 0 Å². The van der Waals surface area contributed by atoms with E-state index in [9.17, 15) is 14.7 Å². The normalized spacial score (nSPS) is 13.8. The van der Waals surface area contributed by atoms with Crippen molar-refractivity contribution in [1.82, 2.24) is 5.32 Å². The number of carboxylic acid groups (broad SMARTS) is 1. The van der Waals surface area contributed by atoms with Gasteiger partial charge in [0.15, 0.2) is 0 Å². The zero-order chi connectivity index (χ0) is 37.9. The molecule has 0 aliphatic rings. The van der Waals surface area contributed by atoms with Crippen LogP contribution in [0.15, 0.2) is 109 Å². The monoisotopic (exact) mass is 725 g/mol. The SMILES string of the molecule is CC(C)(C)OC(=O)N[C@@H](Cc1ccc(OCc2ccccc2)cc1)[C@H](C[C@@H](Cc1ccc(-c2ccccc2)cc1)C(=O)O)O[Si](C)(C)OC(C)(C)C. The maximum Gasteiger partial charge on any atom is 0.407 e. The molecular formula is C43H55NO7Si. The Bertz CT molecular complexity index is 1700. The van der Waals surface area contributed by atoms with Crippen LogP contribution in [0.3, 0.4) is 0 Å². The summed E-state index contributed by atoms with van der Waals surface area (Å²) in [6.45, 7) is 15.7. The Hall–Kier alpha value is -4.44. The van der Waals surface area contributed by atoms with Gasteiger partial charge in [0.25, 0.3) is 0 Å². The predicted molar refractivity (Wildman–Crippen MR) is 209 cm³/mol. The molecule has 0 unspecified atom stereocenters. The molecule has 0 aromatic heterocycles. The third-order valence-corrected chi connectivity index (χ3v) is 10.1. The van der Waals surface area contributed by atoms with Crippen LogP contribution in [0.2, 0.25) is 13.1 Å². The molecular weight excluding hydrogens is 671 g/mol. The average molecular weight is 726 g/mol. The van der Waals surface area contributed by atoms with E-state index in [-0.39, 0.29) is 6.42 Å². The fourth-order valence-electron chi connectivity index (χ4n) is 6.17. The van der Waals surface area contributed by atoms with E-state index >= 15 is 0 Å². The molecule has 3 atom stereocenters. The topological polar surface area (TPSA) is 103 Å². The average Bonchev–Trinajstić information content (AvgIpc) is 3.06. The fraction of sp³-hybridized carbons (Fsp3) is 0.395. The van der Waals surface area contributed by atoms with Gasteiger partial charge in [-0.3, -0.25) is 4.79 Å². The standard InChI is InChI=1S/C43H55NO7Si/c1-42(2,3)49-41(47)44-38(28-32-21-25-37(26-22-32)48-30-33-15-11-9-12-16-33)39(50-52(7,8)51-43(4,5)6)29-36(40(45)46)27-31-19-23-35(24-20-31)34-17-13-10-14-18-34/h9-26,36,38-39H,27-30H2,1-8H3,(H,44,47)(H,45,46)/t36-,38+,39+/m1/s1. The summed E-state index contributed by atoms with van der Waals surface area (Å²) in [7, 11) is -2.88. The van der Waals surface area contributed by atoms with Gasteiger partial charge in [-0.05, 0) is 114 Å². The Balaban J connectivity index is 1.62. The second-order valence-corrected chi connectivity index (χ2v) is 18.9. The quantitative estimate of drug-likeness (QED) is 0.111. The van der Waals surface area contributed by atoms with Crippen molar-refractivity contribution >= 4 is 20.6 Å². The fourth-order valence-corrected chi connectivity index (χ4v) is 8.68. The Morgan fingerprint density at radius 2 is 1.23 bits per heavy atom. The van der Waals surface area contributed by atoms with E-state index in [1.54, 1.807) is 20.8 Å². The highest BCUT2D eigenvalue weighted by molar-refractivity contribution is 6.64. The van der Waals surface area contributed by atoms with Crippen molar-refractivity contribution < 1.29 is 33.0 Å². The van der Waals surface area contributed by atoms with E-state index in [0.717, 1.165) is 27.8 Å². The molecule has 0 aliphatic carbocycles. The van der Waals surface area contributed by atoms with Gasteiger partial charge in [0.2, 0.25) is 0 Å². The Kier molecular flexibility index (Phi) is 13.9. The summed E-state index contributed by atoms with van der Waals surface area (Å²) in [6.07, 6.45) is -0.526. The number of carbonyl (C=O) groups is 2. The third-order valence-electron chi connectivity index (χ3n) is 8.17. The molecule has 0 aliphatic heterocycles. The van der Waals surface area contributed by atoms with Crippen LogP contribution in [-0.2, 0) is 37.8 Å². The molecule has 0 saturated heterocycles. The van der Waals surface area contributed by atoms with Crippen molar-refractivity contribution in [2.45, 2.75) is 104 Å². The first-order chi connectivity index (χ1) is 24.4. The third kappa shape index (κ3) is 13.9. The Labute approximate surface area is 310 Å². The zero-order valence-corrected chi connectivity index (χ0v) is 32.8. The van der Waals surface area contributed by atoms with Crippen LogP contribution in [0.25, 0.3) is 11.1 Å². The maximum absolute atomic E-state index is 13.3. The van der Waals surface area contributed by atoms with Gasteiger partial charge in [0.05, 0.1) is 23.7 Å². The predicted octanol–water partition coefficient (Wildman–Crippen LogP) is 9.60. The van der Waals surface area contributed by atoms with Crippen LogP contribution in [0.1, 0.15) is 64.7 Å². The second kappa shape index (κ2) is 17.9. The van der Waals surface area contributed by atoms with Crippen molar-refractivity contribution in [3.05, 3.63) is 126 Å². The maximum atomic E-state index is 13.3. The van der Waals surface area contributed by atoms with Gasteiger partial charge in [-0.2, -0.15) is 0 Å². The number of ether oxygens (including phenoxy) is 2. The molecule has 0 bridgehead atoms. The number of amides is 1. The molecule has 0 radical (unpaired) electrons. The van der Waals surface area contributed by atoms with E-state index in [1.165, 1.54) is 0 Å². The lowest BCUT2D eigenvalue weighted by molar-refractivity contribution is -0.143. The molecule has 2 N–H and O–H groups in total. The first kappa shape index (κ1) is 40.3. The van der Waals surface area contributed by atoms with Crippen LogP contribution in [0.5, 0.6) is 5.75 Å². The van der Waals surface area contributed by atoms with Crippen molar-refractivity contribution in [1.29, 1.82) is 0 Å². The molecule has 52 heavy (non-hydrogen) atoms. The summed E-state index contributed by atoms with van der Waals surface area (Å²) in [6, 6.07) is 35.1. The van der Waals surface area contributed by atoms with Crippen LogP contribution >= 0.6 is 0 Å². The molecule has 0 heterocycles. The second-order valence-electron chi connectivity index (χ2n) is 15.7. The highest BCUT2D eigenvalue weighted by Crippen LogP contribution is 2.28. The number of nitrogens with one attached hydrogen (secondary N) is 1. The Morgan fingerprint density at radius 1 is 0.692 bits per heavy atom. The van der Waals surface area contributed by atoms with Gasteiger partial charge in [0, 0.05) is 0 Å². The van der Waals surface area contributed by atoms with E-state index in [1.807, 2.05) is 143 Å². The molecule has 4 rings (SSSR count). The van der Waals surface area contributed by atoms with E-state index in [4.69, 9.17) is 18.3 Å². The first-order valence-corrected chi connectivity index (χ1v) is 20.8. The molecule has 9 heteroatoms. The molecule has 0 saturated carbocycles. The largest absolute Gasteiger partial charge is 0.489 e. The molecule has 1 amide bonds. The lowest BCUT2D eigenvalue weighted by atomic mass is 9.89. The van der Waals surface area contributed by atoms with Gasteiger partial charge >= 0.3 is 20.6 Å². The Morgan fingerprint density at radius 3 is 1.79 bits per heavy atom. The lowest BCUT2D eigenvalue weighted by Gasteiger charge is -2.38. The highest BCUT2D eigenvalue weighted by atomic mass is 28.4. The number of benzene rings is 4. The zero-order valence-electron chi connectivity index (χ0n) is 31.8. The minimum Gasteiger partial charge on any atom is -0.489 e. The summed E-state index contributed by atoms with van der Waals surface area (Å²) >= 11 is 0. The van der Waals surface area contributed by atoms with Crippen molar-refractivity contribution in [2.24, 2.45) is 5.92 Å². The molecule has 0 fully saturated rings. The van der Waals surface area contributed by atoms with Crippen LogP contribution < -0.4 is 10.1 Å². The van der Waals surface area contributed by atoms with Crippen molar-refractivity contribution in [3.63, 3.8) is 0 Å². The van der Waals surface area contributed by atoms with Crippen molar-refractivity contribution in [2.75, 3.05) is 0 Å². The van der Waals surface area contributed by atoms with Gasteiger partial charge < -0.3 is 28.7 Å². The minimum atomic E-state index is -2.88. The number of alkyl carbamates (subject to hydrolysis) is 1. The number of aliphatic carboxylic acids is 1. The number of carbonyl (C=O) groups excluding carboxylic acids is 1. The summed E-state index contributed by atoms with van der Waals surface area (Å²) in [5.74, 6) is -1.02. The lowest BCUT2D eigenvalue weighted by Crippen LogP contribution is -2.54. The van der Waals surface area contributed by atoms with Crippen molar-refractivity contribution in [3.8, 4) is 16.9 Å². The minimum absolute atomic E-state index is 0.137. The van der Waals surface area contributed by atoms with E-state index in [0.29, 0.717) is 25.2 Å². The number of hydrogen-bond acceptors (Lipinski definition) is 6. The number of carboxylic acids is 1. The summed E-state index contributed by atoms with van der Waals surface area (Å²) < 4.78 is 25.0. The molecule has 0 spiro atoms. The molecule has 8 nitrogen and oxygen atoms in total. The number of rotatable bonds is 16. The molecule has 4 aromatic rings. The van der Waals surface area contributed by atoms with Crippen LogP contribution in [-0.4, -0.2) is 49.1 Å². The van der Waals surface area contributed by atoms with Gasteiger partial charge in [-0.1, -0.05) is 97.1 Å². The van der Waals surface area contributed by atoms with E-state index < -0.39 is 49.9 Å². The highest BCUT2D eigenvalue weighted by Gasteiger charge is 2.39. The summed E-state index contributed by atoms with van der Waals surface area (Å²) in [4.78, 5) is 26.3. The van der Waals surface area contributed by atoms with Crippen LogP contribution in [0, 0.1) is 5.92 Å².